The van der Waals surface area contributed by atoms with Crippen LogP contribution < -0.4 is 5.32 Å². The molecule has 42 heavy (non-hydrogen) atoms. The van der Waals surface area contributed by atoms with Gasteiger partial charge in [-0.1, -0.05) is 91.0 Å². The van der Waals surface area contributed by atoms with Crippen LogP contribution in [0.5, 0.6) is 0 Å². The van der Waals surface area contributed by atoms with E-state index in [4.69, 9.17) is 14.2 Å². The monoisotopic (exact) mass is 586 g/mol. The summed E-state index contributed by atoms with van der Waals surface area (Å²) in [7, 11) is 1.18. The zero-order chi connectivity index (χ0) is 29.6. The number of thioether (sulfide) groups is 1. The smallest absolute Gasteiger partial charge is 0.356 e. The lowest BCUT2D eigenvalue weighted by molar-refractivity contribution is -0.157. The van der Waals surface area contributed by atoms with E-state index in [0.717, 1.165) is 4.90 Å². The largest absolute Gasteiger partial charge is 0.466 e. The average molecular weight is 587 g/mol. The predicted molar refractivity (Wildman–Crippen MR) is 151 cm³/mol. The Morgan fingerprint density at radius 2 is 1.43 bits per heavy atom. The van der Waals surface area contributed by atoms with E-state index < -0.39 is 47.4 Å². The van der Waals surface area contributed by atoms with Crippen molar-refractivity contribution in [2.75, 3.05) is 12.9 Å². The third kappa shape index (κ3) is 5.64. The van der Waals surface area contributed by atoms with E-state index in [0.29, 0.717) is 16.7 Å². The standard InChI is InChI=1S/C31H26N2O8S/c1-39-30(37)22-17-42-29-23(32-27(35)26(40-18-34)21-15-9-4-10-16-21)28(36)33(29)24(22)31(38)41-25(19-11-5-2-6-12-19)20-13-7-3-8-14-20/h2-16,18,23,25-26,29H,17H2,1H3,(H,32,35)/t23?,26?,29-/m1/s1. The zero-order valence-corrected chi connectivity index (χ0v) is 23.2. The minimum absolute atomic E-state index is 0.0202. The van der Waals surface area contributed by atoms with Crippen molar-refractivity contribution in [2.45, 2.75) is 23.6 Å². The van der Waals surface area contributed by atoms with Gasteiger partial charge in [0.1, 0.15) is 17.1 Å². The molecule has 1 fully saturated rings. The van der Waals surface area contributed by atoms with Crippen LogP contribution in [0.25, 0.3) is 0 Å². The number of nitrogens with one attached hydrogen (secondary N) is 1. The molecular weight excluding hydrogens is 560 g/mol. The lowest BCUT2D eigenvalue weighted by atomic mass is 10.00. The molecule has 10 nitrogen and oxygen atoms in total. The second-order valence-electron chi connectivity index (χ2n) is 9.34. The first-order valence-corrected chi connectivity index (χ1v) is 14.0. The van der Waals surface area contributed by atoms with Gasteiger partial charge in [-0.2, -0.15) is 0 Å². The number of fused-ring (bicyclic) bond motifs is 1. The van der Waals surface area contributed by atoms with E-state index >= 15 is 0 Å². The van der Waals surface area contributed by atoms with Gasteiger partial charge in [0, 0.05) is 11.3 Å². The molecular formula is C31H26N2O8S. The third-order valence-electron chi connectivity index (χ3n) is 6.85. The maximum absolute atomic E-state index is 13.8. The highest BCUT2D eigenvalue weighted by molar-refractivity contribution is 8.00. The van der Waals surface area contributed by atoms with Gasteiger partial charge in [-0.3, -0.25) is 19.3 Å². The van der Waals surface area contributed by atoms with Gasteiger partial charge in [0.05, 0.1) is 12.7 Å². The van der Waals surface area contributed by atoms with Gasteiger partial charge in [0.2, 0.25) is 6.10 Å². The molecule has 0 radical (unpaired) electrons. The Bertz CT molecular complexity index is 1470. The highest BCUT2D eigenvalue weighted by Gasteiger charge is 2.56. The maximum atomic E-state index is 13.8. The number of β-lactam (4-membered cyclic amide) rings is 1. The summed E-state index contributed by atoms with van der Waals surface area (Å²) in [5.41, 5.74) is 1.56. The lowest BCUT2D eigenvalue weighted by Crippen LogP contribution is -2.71. The average Bonchev–Trinajstić information content (AvgIpc) is 3.04. The summed E-state index contributed by atoms with van der Waals surface area (Å²) in [6.07, 6.45) is -2.10. The van der Waals surface area contributed by atoms with Gasteiger partial charge >= 0.3 is 11.9 Å². The Morgan fingerprint density at radius 3 is 1.95 bits per heavy atom. The fourth-order valence-electron chi connectivity index (χ4n) is 4.84. The van der Waals surface area contributed by atoms with Crippen LogP contribution in [-0.4, -0.2) is 59.4 Å². The number of amides is 2. The molecule has 0 saturated carbocycles. The van der Waals surface area contributed by atoms with E-state index in [1.807, 2.05) is 60.7 Å². The summed E-state index contributed by atoms with van der Waals surface area (Å²) in [4.78, 5) is 65.3. The van der Waals surface area contributed by atoms with Crippen LogP contribution >= 0.6 is 11.8 Å². The number of ether oxygens (including phenoxy) is 3. The zero-order valence-electron chi connectivity index (χ0n) is 22.4. The second-order valence-corrected chi connectivity index (χ2v) is 10.4. The first-order valence-electron chi connectivity index (χ1n) is 13.0. The maximum Gasteiger partial charge on any atom is 0.356 e. The van der Waals surface area contributed by atoms with Gasteiger partial charge in [0.15, 0.2) is 6.10 Å². The molecule has 214 valence electrons. The van der Waals surface area contributed by atoms with Crippen molar-refractivity contribution >= 4 is 42.0 Å². The number of hydrogen-bond acceptors (Lipinski definition) is 9. The van der Waals surface area contributed by atoms with Crippen LogP contribution in [0.4, 0.5) is 0 Å². The molecule has 0 bridgehead atoms. The number of esters is 2. The van der Waals surface area contributed by atoms with Crippen LogP contribution in [0.2, 0.25) is 0 Å². The first kappa shape index (κ1) is 28.6. The number of rotatable bonds is 10. The minimum Gasteiger partial charge on any atom is -0.466 e. The fraction of sp³-hybridized carbons (Fsp3) is 0.194. The molecule has 2 amide bonds. The van der Waals surface area contributed by atoms with Crippen molar-refractivity contribution < 1.29 is 38.2 Å². The SMILES string of the molecule is COC(=O)C1=C(C(=O)OC(c2ccccc2)c2ccccc2)N2C(=O)C(NC(=O)C(OC=O)c3ccccc3)[C@H]2SC1. The molecule has 1 N–H and O–H groups in total. The van der Waals surface area contributed by atoms with E-state index in [9.17, 15) is 24.0 Å². The van der Waals surface area contributed by atoms with Gasteiger partial charge in [-0.05, 0) is 11.1 Å². The quantitative estimate of drug-likeness (QED) is 0.165. The number of hydrogen-bond donors (Lipinski definition) is 1. The lowest BCUT2D eigenvalue weighted by Gasteiger charge is -2.49. The molecule has 5 rings (SSSR count). The fourth-order valence-corrected chi connectivity index (χ4v) is 6.17. The molecule has 11 heteroatoms. The number of carbonyl (C=O) groups is 5. The topological polar surface area (TPSA) is 128 Å². The van der Waals surface area contributed by atoms with E-state index in [-0.39, 0.29) is 23.5 Å². The third-order valence-corrected chi connectivity index (χ3v) is 8.13. The summed E-state index contributed by atoms with van der Waals surface area (Å²) in [6, 6.07) is 25.5. The molecule has 3 atom stereocenters. The van der Waals surface area contributed by atoms with Crippen molar-refractivity contribution in [3.05, 3.63) is 119 Å². The Kier molecular flexibility index (Phi) is 8.68. The predicted octanol–water partition coefficient (Wildman–Crippen LogP) is 3.06. The van der Waals surface area contributed by atoms with Crippen LogP contribution in [0.15, 0.2) is 102 Å². The molecule has 3 aromatic carbocycles. The van der Waals surface area contributed by atoms with Gasteiger partial charge in [0.25, 0.3) is 18.3 Å². The van der Waals surface area contributed by atoms with Crippen LogP contribution in [0.3, 0.4) is 0 Å². The Balaban J connectivity index is 1.41. The first-order chi connectivity index (χ1) is 20.4. The van der Waals surface area contributed by atoms with Crippen molar-refractivity contribution in [3.8, 4) is 0 Å². The molecule has 0 aromatic heterocycles. The molecule has 2 aliphatic heterocycles. The summed E-state index contributed by atoms with van der Waals surface area (Å²) in [6.45, 7) is 0.164. The number of methoxy groups -OCH3 is 1. The second kappa shape index (κ2) is 12.7. The van der Waals surface area contributed by atoms with E-state index in [1.54, 1.807) is 30.3 Å². The number of benzene rings is 3. The molecule has 0 aliphatic carbocycles. The normalized spacial score (nSPS) is 18.3. The van der Waals surface area contributed by atoms with E-state index in [2.05, 4.69) is 5.32 Å². The van der Waals surface area contributed by atoms with Crippen molar-refractivity contribution in [1.82, 2.24) is 10.2 Å². The summed E-state index contributed by atoms with van der Waals surface area (Å²) in [5.74, 6) is -2.95. The molecule has 0 spiro atoms. The van der Waals surface area contributed by atoms with Gasteiger partial charge in [-0.25, -0.2) is 9.59 Å². The summed E-state index contributed by atoms with van der Waals surface area (Å²) >= 11 is 1.19. The highest BCUT2D eigenvalue weighted by atomic mass is 32.2. The van der Waals surface area contributed by atoms with Crippen molar-refractivity contribution in [2.24, 2.45) is 0 Å². The van der Waals surface area contributed by atoms with Crippen LogP contribution in [-0.2, 0) is 38.2 Å². The molecule has 2 aliphatic rings. The van der Waals surface area contributed by atoms with Crippen LogP contribution in [0.1, 0.15) is 28.9 Å². The molecule has 2 heterocycles. The van der Waals surface area contributed by atoms with E-state index in [1.165, 1.54) is 18.9 Å². The summed E-state index contributed by atoms with van der Waals surface area (Å²) in [5, 5.41) is 1.92. The Morgan fingerprint density at radius 1 is 0.881 bits per heavy atom. The van der Waals surface area contributed by atoms with Crippen LogP contribution in [0, 0.1) is 0 Å². The minimum atomic E-state index is -1.28. The Labute approximate surface area is 245 Å². The molecule has 1 saturated heterocycles. The number of nitrogens with zero attached hydrogens (tertiary/aromatic N) is 1. The van der Waals surface area contributed by atoms with Crippen molar-refractivity contribution in [3.63, 3.8) is 0 Å². The summed E-state index contributed by atoms with van der Waals surface area (Å²) < 4.78 is 15.9. The Hall–Kier alpha value is -4.90. The highest BCUT2D eigenvalue weighted by Crippen LogP contribution is 2.42. The van der Waals surface area contributed by atoms with Crippen molar-refractivity contribution in [1.29, 1.82) is 0 Å². The van der Waals surface area contributed by atoms with Gasteiger partial charge in [-0.15, -0.1) is 11.8 Å². The van der Waals surface area contributed by atoms with Gasteiger partial charge < -0.3 is 19.5 Å². The number of carbonyl (C=O) groups excluding carboxylic acids is 5. The molecule has 3 aromatic rings. The molecule has 2 unspecified atom stereocenters.